The van der Waals surface area contributed by atoms with Gasteiger partial charge in [0.1, 0.15) is 0 Å². The number of ether oxygens (including phenoxy) is 2. The summed E-state index contributed by atoms with van der Waals surface area (Å²) < 4.78 is 10.1. The highest BCUT2D eigenvalue weighted by atomic mass is 16.5. The van der Waals surface area contributed by atoms with Crippen molar-refractivity contribution in [2.75, 3.05) is 7.11 Å². The van der Waals surface area contributed by atoms with Crippen molar-refractivity contribution in [2.24, 2.45) is 5.92 Å². The van der Waals surface area contributed by atoms with Gasteiger partial charge in [-0.2, -0.15) is 0 Å². The lowest BCUT2D eigenvalue weighted by molar-refractivity contribution is -0.199. The molecule has 0 radical (unpaired) electrons. The number of hydrogen-bond donors (Lipinski definition) is 0. The molecule has 2 bridgehead atoms. The van der Waals surface area contributed by atoms with E-state index in [1.165, 1.54) is 7.11 Å². The van der Waals surface area contributed by atoms with Crippen molar-refractivity contribution in [3.05, 3.63) is 0 Å². The topological polar surface area (TPSA) is 35.5 Å². The molecule has 3 fully saturated rings. The first-order chi connectivity index (χ1) is 5.31. The van der Waals surface area contributed by atoms with Crippen LogP contribution in [0.1, 0.15) is 19.3 Å². The van der Waals surface area contributed by atoms with E-state index in [1.54, 1.807) is 0 Å². The van der Waals surface area contributed by atoms with Gasteiger partial charge in [-0.1, -0.05) is 0 Å². The predicted molar refractivity (Wildman–Crippen MR) is 38.0 cm³/mol. The van der Waals surface area contributed by atoms with Crippen LogP contribution in [0.25, 0.3) is 0 Å². The smallest absolute Gasteiger partial charge is 0.311 e. The van der Waals surface area contributed by atoms with Gasteiger partial charge < -0.3 is 9.47 Å². The number of rotatable bonds is 1. The molecule has 3 nitrogen and oxygen atoms in total. The van der Waals surface area contributed by atoms with Gasteiger partial charge in [0.15, 0.2) is 0 Å². The Hall–Kier alpha value is -0.570. The van der Waals surface area contributed by atoms with E-state index < -0.39 is 0 Å². The molecule has 3 rings (SSSR count). The molecule has 2 saturated heterocycles. The van der Waals surface area contributed by atoms with E-state index in [9.17, 15) is 4.79 Å². The largest absolute Gasteiger partial charge is 0.469 e. The minimum Gasteiger partial charge on any atom is -0.469 e. The third kappa shape index (κ3) is 1.03. The molecule has 1 saturated carbocycles. The van der Waals surface area contributed by atoms with Gasteiger partial charge in [-0.3, -0.25) is 4.79 Å². The summed E-state index contributed by atoms with van der Waals surface area (Å²) in [5, 5.41) is 0. The van der Waals surface area contributed by atoms with E-state index >= 15 is 0 Å². The summed E-state index contributed by atoms with van der Waals surface area (Å²) in [4.78, 5) is 11.1. The molecule has 3 heteroatoms. The van der Waals surface area contributed by atoms with Crippen LogP contribution >= 0.6 is 0 Å². The fourth-order valence-electron chi connectivity index (χ4n) is 1.91. The minimum atomic E-state index is -0.104. The monoisotopic (exact) mass is 156 g/mol. The van der Waals surface area contributed by atoms with Crippen molar-refractivity contribution >= 4 is 5.97 Å². The van der Waals surface area contributed by atoms with Crippen LogP contribution in [0.3, 0.4) is 0 Å². The second-order valence-corrected chi connectivity index (χ2v) is 3.24. The standard InChI is InChI=1S/C8H12O3/c1-10-8(9)6-3-2-5-4-7(6)11-5/h5-7H,2-4H2,1H3. The quantitative estimate of drug-likeness (QED) is 0.525. The summed E-state index contributed by atoms with van der Waals surface area (Å²) in [6, 6.07) is 0. The Kier molecular flexibility index (Phi) is 1.60. The van der Waals surface area contributed by atoms with Gasteiger partial charge in [-0.15, -0.1) is 0 Å². The molecule has 2 heterocycles. The zero-order valence-corrected chi connectivity index (χ0v) is 6.58. The van der Waals surface area contributed by atoms with Crippen LogP contribution in [0.4, 0.5) is 0 Å². The molecule has 3 unspecified atom stereocenters. The summed E-state index contributed by atoms with van der Waals surface area (Å²) in [5.74, 6) is -0.0850. The number of carbonyl (C=O) groups excluding carboxylic acids is 1. The second kappa shape index (κ2) is 2.48. The van der Waals surface area contributed by atoms with E-state index in [2.05, 4.69) is 4.74 Å². The maximum Gasteiger partial charge on any atom is 0.311 e. The van der Waals surface area contributed by atoms with Crippen molar-refractivity contribution in [3.8, 4) is 0 Å². The lowest BCUT2D eigenvalue weighted by Crippen LogP contribution is -2.50. The molecule has 3 aliphatic rings. The Morgan fingerprint density at radius 2 is 2.27 bits per heavy atom. The van der Waals surface area contributed by atoms with Crippen LogP contribution in [0.5, 0.6) is 0 Å². The van der Waals surface area contributed by atoms with E-state index in [4.69, 9.17) is 4.74 Å². The van der Waals surface area contributed by atoms with Crippen LogP contribution in [0.15, 0.2) is 0 Å². The highest BCUT2D eigenvalue weighted by molar-refractivity contribution is 5.73. The highest BCUT2D eigenvalue weighted by Crippen LogP contribution is 2.39. The van der Waals surface area contributed by atoms with Gasteiger partial charge in [0.25, 0.3) is 0 Å². The Bertz CT molecular complexity index is 169. The van der Waals surface area contributed by atoms with Crippen molar-refractivity contribution < 1.29 is 14.3 Å². The molecule has 62 valence electrons. The first kappa shape index (κ1) is 7.10. The molecule has 0 aromatic carbocycles. The maximum atomic E-state index is 11.1. The van der Waals surface area contributed by atoms with Gasteiger partial charge in [0.2, 0.25) is 0 Å². The van der Waals surface area contributed by atoms with Crippen LogP contribution in [0, 0.1) is 5.92 Å². The molecule has 2 aliphatic heterocycles. The minimum absolute atomic E-state index is 0.0185. The van der Waals surface area contributed by atoms with Crippen LogP contribution < -0.4 is 0 Å². The van der Waals surface area contributed by atoms with Gasteiger partial charge >= 0.3 is 5.97 Å². The van der Waals surface area contributed by atoms with E-state index in [0.29, 0.717) is 6.10 Å². The van der Waals surface area contributed by atoms with Gasteiger partial charge in [0.05, 0.1) is 25.2 Å². The summed E-state index contributed by atoms with van der Waals surface area (Å²) in [7, 11) is 1.44. The Balaban J connectivity index is 1.97. The van der Waals surface area contributed by atoms with E-state index in [-0.39, 0.29) is 18.0 Å². The second-order valence-electron chi connectivity index (χ2n) is 3.24. The fraction of sp³-hybridized carbons (Fsp3) is 0.875. The SMILES string of the molecule is COC(=O)C1CCC2CC1O2. The average molecular weight is 156 g/mol. The predicted octanol–water partition coefficient (Wildman–Crippen LogP) is 0.727. The molecule has 11 heavy (non-hydrogen) atoms. The molecule has 1 aliphatic carbocycles. The lowest BCUT2D eigenvalue weighted by Gasteiger charge is -2.45. The average Bonchev–Trinajstić information content (AvgIpc) is 2.02. The number of esters is 1. The summed E-state index contributed by atoms with van der Waals surface area (Å²) in [5.41, 5.74) is 0. The summed E-state index contributed by atoms with van der Waals surface area (Å²) in [6.45, 7) is 0. The lowest BCUT2D eigenvalue weighted by atomic mass is 9.80. The van der Waals surface area contributed by atoms with Crippen molar-refractivity contribution in [3.63, 3.8) is 0 Å². The first-order valence-corrected chi connectivity index (χ1v) is 4.04. The number of hydrogen-bond acceptors (Lipinski definition) is 3. The molecule has 0 aromatic heterocycles. The molecule has 0 amide bonds. The normalized spacial score (nSPS) is 41.0. The van der Waals surface area contributed by atoms with Crippen LogP contribution in [-0.2, 0) is 14.3 Å². The maximum absolute atomic E-state index is 11.1. The molecule has 0 spiro atoms. The zero-order valence-electron chi connectivity index (χ0n) is 6.58. The number of fused-ring (bicyclic) bond motifs is 2. The molecular weight excluding hydrogens is 144 g/mol. The Labute approximate surface area is 65.7 Å². The van der Waals surface area contributed by atoms with Gasteiger partial charge in [-0.05, 0) is 12.8 Å². The van der Waals surface area contributed by atoms with Crippen LogP contribution in [0.2, 0.25) is 0 Å². The number of carbonyl (C=O) groups is 1. The third-order valence-electron chi connectivity index (χ3n) is 2.61. The first-order valence-electron chi connectivity index (χ1n) is 4.04. The molecule has 3 atom stereocenters. The zero-order chi connectivity index (χ0) is 7.84. The van der Waals surface area contributed by atoms with Crippen molar-refractivity contribution in [1.29, 1.82) is 0 Å². The highest BCUT2D eigenvalue weighted by Gasteiger charge is 2.44. The Morgan fingerprint density at radius 3 is 2.73 bits per heavy atom. The van der Waals surface area contributed by atoms with E-state index in [0.717, 1.165) is 19.3 Å². The number of methoxy groups -OCH3 is 1. The molecule has 0 N–H and O–H groups in total. The molecular formula is C8H12O3. The van der Waals surface area contributed by atoms with Crippen molar-refractivity contribution in [2.45, 2.75) is 31.5 Å². The summed E-state index contributed by atoms with van der Waals surface area (Å²) in [6.07, 6.45) is 3.64. The van der Waals surface area contributed by atoms with E-state index in [1.807, 2.05) is 0 Å². The van der Waals surface area contributed by atoms with Crippen LogP contribution in [-0.4, -0.2) is 25.3 Å². The third-order valence-corrected chi connectivity index (χ3v) is 2.61. The molecule has 0 aromatic rings. The fourth-order valence-corrected chi connectivity index (χ4v) is 1.91. The van der Waals surface area contributed by atoms with Crippen molar-refractivity contribution in [1.82, 2.24) is 0 Å². The Morgan fingerprint density at radius 1 is 1.55 bits per heavy atom. The van der Waals surface area contributed by atoms with Gasteiger partial charge in [-0.25, -0.2) is 0 Å². The van der Waals surface area contributed by atoms with Gasteiger partial charge in [0, 0.05) is 6.42 Å². The summed E-state index contributed by atoms with van der Waals surface area (Å²) >= 11 is 0.